The number of methoxy groups -OCH3 is 1. The monoisotopic (exact) mass is 356 g/mol. The van der Waals surface area contributed by atoms with Crippen molar-refractivity contribution in [3.8, 4) is 5.75 Å². The minimum atomic E-state index is -0.703. The second kappa shape index (κ2) is 9.22. The van der Waals surface area contributed by atoms with E-state index in [0.717, 1.165) is 5.56 Å². The molecule has 2 N–H and O–H groups in total. The van der Waals surface area contributed by atoms with Crippen LogP contribution in [0.1, 0.15) is 15.9 Å². The molecule has 0 bridgehead atoms. The van der Waals surface area contributed by atoms with Crippen molar-refractivity contribution in [2.45, 2.75) is 6.92 Å². The van der Waals surface area contributed by atoms with Gasteiger partial charge in [-0.3, -0.25) is 14.4 Å². The number of ether oxygens (including phenoxy) is 2. The second-order valence-corrected chi connectivity index (χ2v) is 5.49. The van der Waals surface area contributed by atoms with Gasteiger partial charge in [0.15, 0.2) is 6.61 Å². The first-order valence-corrected chi connectivity index (χ1v) is 7.92. The zero-order chi connectivity index (χ0) is 18.9. The summed E-state index contributed by atoms with van der Waals surface area (Å²) in [6.07, 6.45) is 0. The SMILES string of the molecule is COc1ccc(C(=O)NCC(=O)OCC(=O)Nc2cccc(C)c2)cc1. The molecule has 0 radical (unpaired) electrons. The van der Waals surface area contributed by atoms with E-state index in [1.54, 1.807) is 36.4 Å². The van der Waals surface area contributed by atoms with Crippen LogP contribution in [0.5, 0.6) is 5.75 Å². The molecule has 0 aliphatic carbocycles. The maximum absolute atomic E-state index is 11.9. The van der Waals surface area contributed by atoms with E-state index < -0.39 is 24.4 Å². The van der Waals surface area contributed by atoms with Crippen LogP contribution >= 0.6 is 0 Å². The predicted octanol–water partition coefficient (Wildman–Crippen LogP) is 1.92. The highest BCUT2D eigenvalue weighted by Gasteiger charge is 2.11. The minimum absolute atomic E-state index is 0.331. The van der Waals surface area contributed by atoms with Crippen molar-refractivity contribution in [3.63, 3.8) is 0 Å². The van der Waals surface area contributed by atoms with Gasteiger partial charge in [0.1, 0.15) is 12.3 Å². The lowest BCUT2D eigenvalue weighted by molar-refractivity contribution is -0.146. The van der Waals surface area contributed by atoms with Gasteiger partial charge in [0, 0.05) is 11.3 Å². The molecule has 7 heteroatoms. The number of amides is 2. The Kier molecular flexibility index (Phi) is 6.73. The predicted molar refractivity (Wildman–Crippen MR) is 96.1 cm³/mol. The molecule has 0 fully saturated rings. The number of nitrogens with one attached hydrogen (secondary N) is 2. The summed E-state index contributed by atoms with van der Waals surface area (Å²) in [6, 6.07) is 13.7. The number of aryl methyl sites for hydroxylation is 1. The topological polar surface area (TPSA) is 93.7 Å². The van der Waals surface area contributed by atoms with Gasteiger partial charge in [-0.25, -0.2) is 0 Å². The van der Waals surface area contributed by atoms with Crippen LogP contribution in [-0.2, 0) is 14.3 Å². The molecular weight excluding hydrogens is 336 g/mol. The Morgan fingerprint density at radius 1 is 1.04 bits per heavy atom. The lowest BCUT2D eigenvalue weighted by Crippen LogP contribution is -2.32. The van der Waals surface area contributed by atoms with Crippen molar-refractivity contribution >= 4 is 23.5 Å². The van der Waals surface area contributed by atoms with E-state index in [9.17, 15) is 14.4 Å². The Morgan fingerprint density at radius 3 is 2.42 bits per heavy atom. The number of carbonyl (C=O) groups is 3. The van der Waals surface area contributed by atoms with Crippen LogP contribution in [0.3, 0.4) is 0 Å². The zero-order valence-corrected chi connectivity index (χ0v) is 14.6. The summed E-state index contributed by atoms with van der Waals surface area (Å²) in [5.41, 5.74) is 2.01. The Morgan fingerprint density at radius 2 is 1.77 bits per heavy atom. The summed E-state index contributed by atoms with van der Waals surface area (Å²) in [4.78, 5) is 35.3. The molecule has 0 aliphatic heterocycles. The number of rotatable bonds is 7. The fourth-order valence-electron chi connectivity index (χ4n) is 2.11. The minimum Gasteiger partial charge on any atom is -0.497 e. The van der Waals surface area contributed by atoms with Crippen LogP contribution in [0, 0.1) is 6.92 Å². The lowest BCUT2D eigenvalue weighted by atomic mass is 10.2. The van der Waals surface area contributed by atoms with Crippen LogP contribution in [0.4, 0.5) is 5.69 Å². The van der Waals surface area contributed by atoms with E-state index in [4.69, 9.17) is 9.47 Å². The molecule has 2 aromatic carbocycles. The van der Waals surface area contributed by atoms with Crippen LogP contribution in [0.2, 0.25) is 0 Å². The van der Waals surface area contributed by atoms with Crippen molar-refractivity contribution in [3.05, 3.63) is 59.7 Å². The summed E-state index contributed by atoms with van der Waals surface area (Å²) in [5, 5.41) is 5.06. The van der Waals surface area contributed by atoms with Crippen LogP contribution in [0.15, 0.2) is 48.5 Å². The molecule has 2 rings (SSSR count). The van der Waals surface area contributed by atoms with Crippen molar-refractivity contribution in [2.75, 3.05) is 25.6 Å². The number of esters is 1. The Hall–Kier alpha value is -3.35. The summed E-state index contributed by atoms with van der Waals surface area (Å²) in [6.45, 7) is 1.15. The molecule has 0 unspecified atom stereocenters. The second-order valence-electron chi connectivity index (χ2n) is 5.49. The lowest BCUT2D eigenvalue weighted by Gasteiger charge is -2.08. The smallest absolute Gasteiger partial charge is 0.325 e. The number of hydrogen-bond donors (Lipinski definition) is 2. The third-order valence-electron chi connectivity index (χ3n) is 3.41. The van der Waals surface area contributed by atoms with E-state index in [1.807, 2.05) is 19.1 Å². The van der Waals surface area contributed by atoms with Crippen molar-refractivity contribution in [1.82, 2.24) is 5.32 Å². The largest absolute Gasteiger partial charge is 0.497 e. The van der Waals surface area contributed by atoms with E-state index in [0.29, 0.717) is 17.0 Å². The fourth-order valence-corrected chi connectivity index (χ4v) is 2.11. The fraction of sp³-hybridized carbons (Fsp3) is 0.211. The van der Waals surface area contributed by atoms with Gasteiger partial charge in [-0.15, -0.1) is 0 Å². The maximum Gasteiger partial charge on any atom is 0.325 e. The van der Waals surface area contributed by atoms with Crippen LogP contribution < -0.4 is 15.4 Å². The number of benzene rings is 2. The number of hydrogen-bond acceptors (Lipinski definition) is 5. The first-order chi connectivity index (χ1) is 12.5. The van der Waals surface area contributed by atoms with Gasteiger partial charge in [-0.2, -0.15) is 0 Å². The van der Waals surface area contributed by atoms with E-state index in [2.05, 4.69) is 10.6 Å². The van der Waals surface area contributed by atoms with Gasteiger partial charge in [0.2, 0.25) is 0 Å². The molecule has 136 valence electrons. The highest BCUT2D eigenvalue weighted by molar-refractivity contribution is 5.96. The molecule has 2 aromatic rings. The molecule has 0 atom stereocenters. The third kappa shape index (κ3) is 5.94. The standard InChI is InChI=1S/C19H20N2O5/c1-13-4-3-5-15(10-13)21-17(22)12-26-18(23)11-20-19(24)14-6-8-16(25-2)9-7-14/h3-10H,11-12H2,1-2H3,(H,20,24)(H,21,22). The molecule has 0 heterocycles. The zero-order valence-electron chi connectivity index (χ0n) is 14.6. The molecule has 0 aromatic heterocycles. The van der Waals surface area contributed by atoms with Crippen molar-refractivity contribution in [1.29, 1.82) is 0 Å². The molecule has 7 nitrogen and oxygen atoms in total. The van der Waals surface area contributed by atoms with E-state index >= 15 is 0 Å². The third-order valence-corrected chi connectivity index (χ3v) is 3.41. The van der Waals surface area contributed by atoms with E-state index in [1.165, 1.54) is 7.11 Å². The summed E-state index contributed by atoms with van der Waals surface area (Å²) in [5.74, 6) is -0.953. The average molecular weight is 356 g/mol. The molecular formula is C19H20N2O5. The normalized spacial score (nSPS) is 9.92. The highest BCUT2D eigenvalue weighted by Crippen LogP contribution is 2.11. The summed E-state index contributed by atoms with van der Waals surface area (Å²) in [7, 11) is 1.53. The highest BCUT2D eigenvalue weighted by atomic mass is 16.5. The average Bonchev–Trinajstić information content (AvgIpc) is 2.64. The molecule has 26 heavy (non-hydrogen) atoms. The van der Waals surface area contributed by atoms with Gasteiger partial charge in [-0.05, 0) is 48.9 Å². The quantitative estimate of drug-likeness (QED) is 0.739. The summed E-state index contributed by atoms with van der Waals surface area (Å²) < 4.78 is 9.85. The Bertz CT molecular complexity index is 787. The van der Waals surface area contributed by atoms with Crippen molar-refractivity contribution in [2.24, 2.45) is 0 Å². The van der Waals surface area contributed by atoms with Gasteiger partial charge in [0.25, 0.3) is 11.8 Å². The molecule has 0 aliphatic rings. The Balaban J connectivity index is 1.72. The van der Waals surface area contributed by atoms with Gasteiger partial charge in [0.05, 0.1) is 7.11 Å². The first kappa shape index (κ1) is 19.0. The van der Waals surface area contributed by atoms with E-state index in [-0.39, 0.29) is 6.54 Å². The first-order valence-electron chi connectivity index (χ1n) is 7.92. The van der Waals surface area contributed by atoms with Crippen LogP contribution in [-0.4, -0.2) is 38.0 Å². The number of anilines is 1. The molecule has 0 saturated carbocycles. The number of carbonyl (C=O) groups excluding carboxylic acids is 3. The molecule has 0 spiro atoms. The molecule has 2 amide bonds. The van der Waals surface area contributed by atoms with Crippen LogP contribution in [0.25, 0.3) is 0 Å². The van der Waals surface area contributed by atoms with Gasteiger partial charge < -0.3 is 20.1 Å². The Labute approximate surface area is 151 Å². The van der Waals surface area contributed by atoms with Crippen molar-refractivity contribution < 1.29 is 23.9 Å². The summed E-state index contributed by atoms with van der Waals surface area (Å²) >= 11 is 0. The van der Waals surface area contributed by atoms with Gasteiger partial charge >= 0.3 is 5.97 Å². The molecule has 0 saturated heterocycles. The van der Waals surface area contributed by atoms with Gasteiger partial charge in [-0.1, -0.05) is 12.1 Å². The maximum atomic E-state index is 11.9.